The minimum Gasteiger partial charge on any atom is -0.459 e. The molecule has 0 saturated carbocycles. The van der Waals surface area contributed by atoms with Crippen molar-refractivity contribution in [2.45, 2.75) is 38.0 Å². The van der Waals surface area contributed by atoms with Gasteiger partial charge in [0.2, 0.25) is 0 Å². The molecule has 1 atom stereocenters. The Kier molecular flexibility index (Phi) is 8.76. The van der Waals surface area contributed by atoms with E-state index < -0.39 is 0 Å². The summed E-state index contributed by atoms with van der Waals surface area (Å²) < 4.78 is 8.06. The summed E-state index contributed by atoms with van der Waals surface area (Å²) in [6.45, 7) is 4.17. The Labute approximate surface area is 267 Å². The number of thioether (sulfide) groups is 1. The van der Waals surface area contributed by atoms with Crippen LogP contribution in [0.1, 0.15) is 51.1 Å². The highest BCUT2D eigenvalue weighted by molar-refractivity contribution is 9.10. The van der Waals surface area contributed by atoms with E-state index in [0.29, 0.717) is 17.4 Å². The van der Waals surface area contributed by atoms with Gasteiger partial charge in [0.15, 0.2) is 16.7 Å². The van der Waals surface area contributed by atoms with Crippen LogP contribution in [0.5, 0.6) is 0 Å². The number of furan rings is 1. The average Bonchev–Trinajstić information content (AvgIpc) is 3.80. The summed E-state index contributed by atoms with van der Waals surface area (Å²) in [4.78, 5) is 26.4. The Morgan fingerprint density at radius 1 is 0.977 bits per heavy atom. The first-order chi connectivity index (χ1) is 21.4. The number of carbonyl (C=O) groups excluding carboxylic acids is 2. The lowest BCUT2D eigenvalue weighted by atomic mass is 9.98. The van der Waals surface area contributed by atoms with Crippen LogP contribution in [0.4, 0.5) is 0 Å². The zero-order chi connectivity index (χ0) is 30.6. The van der Waals surface area contributed by atoms with Gasteiger partial charge < -0.3 is 9.73 Å². The monoisotopic (exact) mass is 668 g/mol. The topological polar surface area (TPSA) is 106 Å². The molecule has 6 rings (SSSR count). The fraction of sp³-hybridized carbons (Fsp3) is 0.182. The number of benzene rings is 3. The first-order valence-electron chi connectivity index (χ1n) is 14.0. The van der Waals surface area contributed by atoms with Crippen molar-refractivity contribution < 1.29 is 14.0 Å². The van der Waals surface area contributed by atoms with Crippen molar-refractivity contribution in [2.24, 2.45) is 5.10 Å². The van der Waals surface area contributed by atoms with E-state index in [1.54, 1.807) is 17.1 Å². The highest BCUT2D eigenvalue weighted by Crippen LogP contribution is 2.34. The number of carbonyl (C=O) groups is 2. The van der Waals surface area contributed by atoms with Crippen molar-refractivity contribution in [2.75, 3.05) is 5.75 Å². The van der Waals surface area contributed by atoms with E-state index in [1.165, 1.54) is 18.0 Å². The van der Waals surface area contributed by atoms with Gasteiger partial charge in [0, 0.05) is 16.6 Å². The molecular formula is C33H29BrN6O3S. The van der Waals surface area contributed by atoms with Gasteiger partial charge in [-0.05, 0) is 66.9 Å². The number of amides is 2. The molecule has 44 heavy (non-hydrogen) atoms. The lowest BCUT2D eigenvalue weighted by molar-refractivity contribution is -0.130. The zero-order valence-corrected chi connectivity index (χ0v) is 26.5. The van der Waals surface area contributed by atoms with Crippen LogP contribution in [0.25, 0.3) is 5.69 Å². The van der Waals surface area contributed by atoms with Crippen molar-refractivity contribution in [3.63, 3.8) is 0 Å². The highest BCUT2D eigenvalue weighted by atomic mass is 79.9. The predicted molar refractivity (Wildman–Crippen MR) is 173 cm³/mol. The van der Waals surface area contributed by atoms with Gasteiger partial charge in [-0.25, -0.2) is 5.01 Å². The van der Waals surface area contributed by atoms with E-state index in [0.717, 1.165) is 38.1 Å². The summed E-state index contributed by atoms with van der Waals surface area (Å²) in [5.41, 5.74) is 5.92. The van der Waals surface area contributed by atoms with Gasteiger partial charge in [-0.15, -0.1) is 10.2 Å². The minimum atomic E-state index is -0.353. The number of nitrogens with zero attached hydrogens (tertiary/aromatic N) is 5. The van der Waals surface area contributed by atoms with Crippen LogP contribution in [-0.2, 0) is 11.3 Å². The summed E-state index contributed by atoms with van der Waals surface area (Å²) in [6.07, 6.45) is 2.06. The van der Waals surface area contributed by atoms with E-state index in [9.17, 15) is 9.59 Å². The molecule has 0 bridgehead atoms. The van der Waals surface area contributed by atoms with Crippen molar-refractivity contribution in [1.29, 1.82) is 0 Å². The number of aryl methyl sites for hydroxylation is 2. The van der Waals surface area contributed by atoms with Crippen molar-refractivity contribution in [1.82, 2.24) is 25.1 Å². The highest BCUT2D eigenvalue weighted by Gasteiger charge is 2.33. The fourth-order valence-electron chi connectivity index (χ4n) is 4.99. The molecule has 0 fully saturated rings. The quantitative estimate of drug-likeness (QED) is 0.177. The maximum Gasteiger partial charge on any atom is 0.287 e. The SMILES string of the molecule is Cc1ccc(C2CC(c3ccc(Br)cc3)=NN2C(=O)CSc2nnc(CNC(=O)c3ccco3)n2-c2cccc(C)c2)cc1. The summed E-state index contributed by atoms with van der Waals surface area (Å²) in [7, 11) is 0. The first kappa shape index (κ1) is 29.6. The molecule has 222 valence electrons. The molecule has 1 N–H and O–H groups in total. The third-order valence-electron chi connectivity index (χ3n) is 7.24. The summed E-state index contributed by atoms with van der Waals surface area (Å²) in [5, 5.41) is 18.6. The van der Waals surface area contributed by atoms with E-state index in [1.807, 2.05) is 66.9 Å². The molecule has 0 aliphatic carbocycles. The normalized spacial score (nSPS) is 14.5. The number of aromatic nitrogens is 3. The van der Waals surface area contributed by atoms with Crippen LogP contribution in [-0.4, -0.2) is 43.1 Å². The van der Waals surface area contributed by atoms with Crippen LogP contribution in [0.15, 0.2) is 110 Å². The van der Waals surface area contributed by atoms with Gasteiger partial charge in [-0.1, -0.05) is 81.8 Å². The lowest BCUT2D eigenvalue weighted by Gasteiger charge is -2.22. The molecule has 3 heterocycles. The Bertz CT molecular complexity index is 1820. The first-order valence-corrected chi connectivity index (χ1v) is 15.8. The van der Waals surface area contributed by atoms with Crippen LogP contribution < -0.4 is 5.32 Å². The Hall–Kier alpha value is -4.48. The van der Waals surface area contributed by atoms with Crippen LogP contribution in [0, 0.1) is 13.8 Å². The molecule has 0 spiro atoms. The molecular weight excluding hydrogens is 640 g/mol. The van der Waals surface area contributed by atoms with Crippen molar-refractivity contribution in [3.8, 4) is 5.69 Å². The van der Waals surface area contributed by atoms with Crippen LogP contribution >= 0.6 is 27.7 Å². The lowest BCUT2D eigenvalue weighted by Crippen LogP contribution is -2.28. The zero-order valence-electron chi connectivity index (χ0n) is 24.1. The molecule has 9 nitrogen and oxygen atoms in total. The minimum absolute atomic E-state index is 0.0994. The smallest absolute Gasteiger partial charge is 0.287 e. The Morgan fingerprint density at radius 3 is 2.50 bits per heavy atom. The van der Waals surface area contributed by atoms with Gasteiger partial charge in [-0.2, -0.15) is 5.10 Å². The second-order valence-electron chi connectivity index (χ2n) is 10.4. The third kappa shape index (κ3) is 6.53. The summed E-state index contributed by atoms with van der Waals surface area (Å²) >= 11 is 4.78. The van der Waals surface area contributed by atoms with Gasteiger partial charge >= 0.3 is 0 Å². The molecule has 2 aromatic heterocycles. The number of halogens is 1. The molecule has 5 aromatic rings. The van der Waals surface area contributed by atoms with Crippen molar-refractivity contribution >= 4 is 45.2 Å². The second kappa shape index (κ2) is 13.0. The molecule has 0 saturated heterocycles. The average molecular weight is 670 g/mol. The Balaban J connectivity index is 1.25. The second-order valence-corrected chi connectivity index (χ2v) is 12.3. The number of rotatable bonds is 9. The maximum atomic E-state index is 13.8. The molecule has 1 unspecified atom stereocenters. The number of hydrazone groups is 1. The largest absolute Gasteiger partial charge is 0.459 e. The molecule has 3 aromatic carbocycles. The van der Waals surface area contributed by atoms with Gasteiger partial charge in [0.05, 0.1) is 30.3 Å². The molecule has 11 heteroatoms. The predicted octanol–water partition coefficient (Wildman–Crippen LogP) is 6.64. The van der Waals surface area contributed by atoms with E-state index >= 15 is 0 Å². The fourth-order valence-corrected chi connectivity index (χ4v) is 6.07. The third-order valence-corrected chi connectivity index (χ3v) is 8.68. The number of nitrogens with one attached hydrogen (secondary N) is 1. The van der Waals surface area contributed by atoms with E-state index in [-0.39, 0.29) is 35.9 Å². The number of hydrogen-bond donors (Lipinski definition) is 1. The molecule has 0 radical (unpaired) electrons. The van der Waals surface area contributed by atoms with E-state index in [2.05, 4.69) is 55.7 Å². The van der Waals surface area contributed by atoms with Crippen molar-refractivity contribution in [3.05, 3.63) is 130 Å². The summed E-state index contributed by atoms with van der Waals surface area (Å²) in [5.74, 6) is 0.346. The molecule has 2 amide bonds. The van der Waals surface area contributed by atoms with Gasteiger partial charge in [0.1, 0.15) is 0 Å². The van der Waals surface area contributed by atoms with Crippen LogP contribution in [0.2, 0.25) is 0 Å². The Morgan fingerprint density at radius 2 is 1.77 bits per heavy atom. The van der Waals surface area contributed by atoms with Gasteiger partial charge in [-0.3, -0.25) is 14.2 Å². The molecule has 1 aliphatic rings. The molecule has 1 aliphatic heterocycles. The summed E-state index contributed by atoms with van der Waals surface area (Å²) in [6, 6.07) is 27.2. The standard InChI is InChI=1S/C33H29BrN6O3S/c1-21-8-10-24(11-9-21)28-18-27(23-12-14-25(34)15-13-23)38-40(28)31(41)20-44-33-37-36-30(19-35-32(42)29-7-4-16-43-29)39(33)26-6-3-5-22(2)17-26/h3-17,28H,18-20H2,1-2H3,(H,35,42). The maximum absolute atomic E-state index is 13.8. The number of hydrogen-bond acceptors (Lipinski definition) is 7. The van der Waals surface area contributed by atoms with E-state index in [4.69, 9.17) is 9.52 Å². The van der Waals surface area contributed by atoms with Crippen LogP contribution in [0.3, 0.4) is 0 Å². The van der Waals surface area contributed by atoms with Gasteiger partial charge in [0.25, 0.3) is 11.8 Å².